The number of ether oxygens (including phenoxy) is 1. The molecule has 0 bridgehead atoms. The van der Waals surface area contributed by atoms with Crippen LogP contribution in [-0.4, -0.2) is 61.2 Å². The van der Waals surface area contributed by atoms with Crippen molar-refractivity contribution in [2.75, 3.05) is 46.2 Å². The minimum atomic E-state index is 0.454. The van der Waals surface area contributed by atoms with E-state index in [4.69, 9.17) is 4.74 Å². The first-order chi connectivity index (χ1) is 13.5. The molecule has 0 saturated heterocycles. The van der Waals surface area contributed by atoms with Gasteiger partial charge in [-0.1, -0.05) is 12.0 Å². The Hall–Kier alpha value is -3.17. The zero-order valence-electron chi connectivity index (χ0n) is 16.8. The summed E-state index contributed by atoms with van der Waals surface area (Å²) in [6.45, 7) is 1.50. The fourth-order valence-corrected chi connectivity index (χ4v) is 2.60. The van der Waals surface area contributed by atoms with Crippen molar-refractivity contribution < 1.29 is 4.74 Å². The van der Waals surface area contributed by atoms with Crippen LogP contribution in [-0.2, 0) is 0 Å². The molecule has 0 radical (unpaired) electrons. The second-order valence-corrected chi connectivity index (χ2v) is 6.92. The minimum Gasteiger partial charge on any atom is -0.476 e. The Bertz CT molecular complexity index is 1000. The lowest BCUT2D eigenvalue weighted by atomic mass is 10.2. The first-order valence-electron chi connectivity index (χ1n) is 9.22. The quantitative estimate of drug-likeness (QED) is 0.488. The summed E-state index contributed by atoms with van der Waals surface area (Å²) in [4.78, 5) is 17.6. The zero-order chi connectivity index (χ0) is 19.9. The number of pyridine rings is 1. The van der Waals surface area contributed by atoms with Gasteiger partial charge in [-0.05, 0) is 56.8 Å². The third kappa shape index (κ3) is 5.18. The number of nitrogens with zero attached hydrogens (tertiary/aromatic N) is 5. The summed E-state index contributed by atoms with van der Waals surface area (Å²) in [6, 6.07) is 11.8. The number of aromatic nitrogens is 3. The lowest BCUT2D eigenvalue weighted by Crippen LogP contribution is -2.16. The van der Waals surface area contributed by atoms with E-state index in [0.29, 0.717) is 29.3 Å². The van der Waals surface area contributed by atoms with E-state index in [1.165, 1.54) is 0 Å². The number of benzene rings is 1. The molecule has 1 aromatic carbocycles. The van der Waals surface area contributed by atoms with Crippen LogP contribution < -0.4 is 9.64 Å². The van der Waals surface area contributed by atoms with Gasteiger partial charge in [0.05, 0.1) is 6.61 Å². The van der Waals surface area contributed by atoms with Gasteiger partial charge in [0.1, 0.15) is 5.52 Å². The molecule has 2 heterocycles. The molecule has 3 aromatic rings. The molecule has 6 heteroatoms. The second kappa shape index (κ2) is 9.16. The Morgan fingerprint density at radius 3 is 2.64 bits per heavy atom. The third-order valence-corrected chi connectivity index (χ3v) is 4.08. The van der Waals surface area contributed by atoms with Crippen molar-refractivity contribution in [3.63, 3.8) is 0 Å². The van der Waals surface area contributed by atoms with Crippen molar-refractivity contribution in [1.82, 2.24) is 19.9 Å². The minimum absolute atomic E-state index is 0.454. The van der Waals surface area contributed by atoms with Crippen molar-refractivity contribution in [1.29, 1.82) is 0 Å². The van der Waals surface area contributed by atoms with E-state index in [1.54, 1.807) is 6.20 Å². The van der Waals surface area contributed by atoms with Crippen molar-refractivity contribution >= 4 is 16.9 Å². The van der Waals surface area contributed by atoms with Crippen LogP contribution in [0.15, 0.2) is 42.6 Å². The van der Waals surface area contributed by atoms with E-state index >= 15 is 0 Å². The summed E-state index contributed by atoms with van der Waals surface area (Å²) in [6.07, 6.45) is 2.60. The molecular formula is C22H25N5O. The molecule has 0 aliphatic heterocycles. The second-order valence-electron chi connectivity index (χ2n) is 6.92. The SMILES string of the molecule is CN(C)CCCOc1nc2cccnc2nc1C#Cc1cccc(N(C)C)c1. The number of anilines is 1. The molecule has 0 unspecified atom stereocenters. The molecule has 3 rings (SSSR count). The van der Waals surface area contributed by atoms with Crippen LogP contribution in [0.2, 0.25) is 0 Å². The lowest BCUT2D eigenvalue weighted by molar-refractivity contribution is 0.272. The predicted molar refractivity (Wildman–Crippen MR) is 113 cm³/mol. The van der Waals surface area contributed by atoms with Gasteiger partial charge in [0.15, 0.2) is 11.3 Å². The van der Waals surface area contributed by atoms with Crippen LogP contribution >= 0.6 is 0 Å². The molecule has 0 fully saturated rings. The van der Waals surface area contributed by atoms with E-state index in [1.807, 2.05) is 69.5 Å². The van der Waals surface area contributed by atoms with Gasteiger partial charge < -0.3 is 14.5 Å². The Kier molecular flexibility index (Phi) is 6.41. The van der Waals surface area contributed by atoms with Gasteiger partial charge in [0.25, 0.3) is 0 Å². The average Bonchev–Trinajstić information content (AvgIpc) is 2.69. The van der Waals surface area contributed by atoms with E-state index < -0.39 is 0 Å². The molecule has 0 spiro atoms. The number of hydrogen-bond acceptors (Lipinski definition) is 6. The summed E-state index contributed by atoms with van der Waals surface area (Å²) in [5.74, 6) is 6.75. The third-order valence-electron chi connectivity index (χ3n) is 4.08. The van der Waals surface area contributed by atoms with Gasteiger partial charge in [0.2, 0.25) is 5.88 Å². The maximum Gasteiger partial charge on any atom is 0.249 e. The van der Waals surface area contributed by atoms with Crippen LogP contribution in [0.5, 0.6) is 5.88 Å². The molecule has 2 aromatic heterocycles. The summed E-state index contributed by atoms with van der Waals surface area (Å²) < 4.78 is 5.91. The van der Waals surface area contributed by atoms with Crippen LogP contribution in [0.4, 0.5) is 5.69 Å². The van der Waals surface area contributed by atoms with E-state index in [-0.39, 0.29) is 0 Å². The summed E-state index contributed by atoms with van der Waals surface area (Å²) in [5, 5.41) is 0. The molecule has 0 amide bonds. The highest BCUT2D eigenvalue weighted by molar-refractivity contribution is 5.71. The number of fused-ring (bicyclic) bond motifs is 1. The zero-order valence-corrected chi connectivity index (χ0v) is 16.8. The highest BCUT2D eigenvalue weighted by Crippen LogP contribution is 2.18. The highest BCUT2D eigenvalue weighted by Gasteiger charge is 2.09. The molecule has 28 heavy (non-hydrogen) atoms. The maximum atomic E-state index is 5.91. The van der Waals surface area contributed by atoms with E-state index in [0.717, 1.165) is 24.2 Å². The van der Waals surface area contributed by atoms with Crippen LogP contribution in [0.3, 0.4) is 0 Å². The van der Waals surface area contributed by atoms with Crippen molar-refractivity contribution in [2.45, 2.75) is 6.42 Å². The summed E-state index contributed by atoms with van der Waals surface area (Å²) >= 11 is 0. The molecule has 0 N–H and O–H groups in total. The van der Waals surface area contributed by atoms with Gasteiger partial charge in [-0.3, -0.25) is 0 Å². The topological polar surface area (TPSA) is 54.4 Å². The first kappa shape index (κ1) is 19.6. The molecule has 6 nitrogen and oxygen atoms in total. The summed E-state index contributed by atoms with van der Waals surface area (Å²) in [5.41, 5.74) is 3.77. The normalized spacial score (nSPS) is 10.6. The van der Waals surface area contributed by atoms with Crippen molar-refractivity contribution in [3.8, 4) is 17.7 Å². The fourth-order valence-electron chi connectivity index (χ4n) is 2.60. The Labute approximate surface area is 166 Å². The number of rotatable bonds is 6. The van der Waals surface area contributed by atoms with E-state index in [9.17, 15) is 0 Å². The van der Waals surface area contributed by atoms with Crippen molar-refractivity contribution in [3.05, 3.63) is 53.9 Å². The smallest absolute Gasteiger partial charge is 0.249 e. The van der Waals surface area contributed by atoms with Crippen molar-refractivity contribution in [2.24, 2.45) is 0 Å². The Balaban J connectivity index is 1.90. The lowest BCUT2D eigenvalue weighted by Gasteiger charge is -2.12. The molecule has 0 atom stereocenters. The van der Waals surface area contributed by atoms with Gasteiger partial charge in [-0.2, -0.15) is 0 Å². The predicted octanol–water partition coefficient (Wildman–Crippen LogP) is 2.82. The van der Waals surface area contributed by atoms with Crippen LogP contribution in [0.25, 0.3) is 11.2 Å². The molecule has 144 valence electrons. The fraction of sp³-hybridized carbons (Fsp3) is 0.318. The maximum absolute atomic E-state index is 5.91. The highest BCUT2D eigenvalue weighted by atomic mass is 16.5. The van der Waals surface area contributed by atoms with Gasteiger partial charge >= 0.3 is 0 Å². The molecule has 0 aliphatic rings. The Morgan fingerprint density at radius 2 is 1.86 bits per heavy atom. The first-order valence-corrected chi connectivity index (χ1v) is 9.22. The monoisotopic (exact) mass is 375 g/mol. The Morgan fingerprint density at radius 1 is 1.00 bits per heavy atom. The van der Waals surface area contributed by atoms with Crippen LogP contribution in [0, 0.1) is 11.8 Å². The molecule has 0 saturated carbocycles. The van der Waals surface area contributed by atoms with Gasteiger partial charge in [-0.15, -0.1) is 0 Å². The standard InChI is InChI=1S/C22H25N5O/c1-26(2)14-7-15-28-22-20(24-21-19(25-22)10-6-13-23-21)12-11-17-8-5-9-18(16-17)27(3)4/h5-6,8-10,13,16H,7,14-15H2,1-4H3. The van der Waals surface area contributed by atoms with Gasteiger partial charge in [0, 0.05) is 38.1 Å². The number of hydrogen-bond donors (Lipinski definition) is 0. The summed E-state index contributed by atoms with van der Waals surface area (Å²) in [7, 11) is 8.10. The molecular weight excluding hydrogens is 350 g/mol. The molecule has 0 aliphatic carbocycles. The van der Waals surface area contributed by atoms with Crippen LogP contribution in [0.1, 0.15) is 17.7 Å². The van der Waals surface area contributed by atoms with Gasteiger partial charge in [-0.25, -0.2) is 15.0 Å². The van der Waals surface area contributed by atoms with E-state index in [2.05, 4.69) is 31.7 Å². The average molecular weight is 375 g/mol. The largest absolute Gasteiger partial charge is 0.476 e.